The van der Waals surface area contributed by atoms with Crippen LogP contribution in [0.3, 0.4) is 0 Å². The minimum absolute atomic E-state index is 0.120. The van der Waals surface area contributed by atoms with Gasteiger partial charge in [-0.25, -0.2) is 0 Å². The van der Waals surface area contributed by atoms with E-state index in [2.05, 4.69) is 20.8 Å². The van der Waals surface area contributed by atoms with E-state index in [9.17, 15) is 14.7 Å². The van der Waals surface area contributed by atoms with E-state index in [1.54, 1.807) is 0 Å². The van der Waals surface area contributed by atoms with Gasteiger partial charge in [0.1, 0.15) is 0 Å². The monoisotopic (exact) mass is 360 g/mol. The minimum Gasteiger partial charge on any atom is -0.433 e. The summed E-state index contributed by atoms with van der Waals surface area (Å²) in [5, 5.41) is 11.2. The largest absolute Gasteiger partial charge is 0.433 e. The molecule has 144 valence electrons. The number of hydrogen-bond acceptors (Lipinski definition) is 4. The van der Waals surface area contributed by atoms with Gasteiger partial charge in [0.15, 0.2) is 5.78 Å². The third-order valence-electron chi connectivity index (χ3n) is 8.70. The fourth-order valence-electron chi connectivity index (χ4n) is 7.29. The molecule has 0 spiro atoms. The first kappa shape index (κ1) is 18.2. The van der Waals surface area contributed by atoms with Gasteiger partial charge < -0.3 is 9.84 Å². The molecule has 4 aliphatic carbocycles. The smallest absolute Gasteiger partial charge is 0.305 e. The first-order chi connectivity index (χ1) is 12.1. The molecule has 3 fully saturated rings. The second-order valence-corrected chi connectivity index (χ2v) is 9.90. The third kappa shape index (κ3) is 2.30. The van der Waals surface area contributed by atoms with Crippen LogP contribution >= 0.6 is 0 Å². The minimum atomic E-state index is -1.33. The van der Waals surface area contributed by atoms with Crippen molar-refractivity contribution in [3.05, 3.63) is 11.6 Å². The van der Waals surface area contributed by atoms with Crippen LogP contribution in [-0.2, 0) is 14.3 Å². The molecule has 0 aromatic carbocycles. The second kappa shape index (κ2) is 5.67. The summed E-state index contributed by atoms with van der Waals surface area (Å²) >= 11 is 0. The molecule has 0 aromatic heterocycles. The van der Waals surface area contributed by atoms with Gasteiger partial charge in [0, 0.05) is 25.2 Å². The highest BCUT2D eigenvalue weighted by molar-refractivity contribution is 5.91. The highest BCUT2D eigenvalue weighted by atomic mass is 16.7. The van der Waals surface area contributed by atoms with Crippen molar-refractivity contribution in [2.45, 2.75) is 78.4 Å². The van der Waals surface area contributed by atoms with Crippen molar-refractivity contribution >= 4 is 11.8 Å². The van der Waals surface area contributed by atoms with Gasteiger partial charge in [-0.05, 0) is 67.3 Å². The van der Waals surface area contributed by atoms with Gasteiger partial charge in [-0.3, -0.25) is 9.59 Å². The van der Waals surface area contributed by atoms with Crippen LogP contribution < -0.4 is 0 Å². The standard InChI is InChI=1S/C22H32O4/c1-13-11-15-12-16(24)5-8-20(15,3)17-6-9-21(4)18(19(13)17)7-10-22(21,25)26-14(2)23/h12-13,17-19,25H,5-11H2,1-4H3/t13-,17+,18+,19-,20+,21+,22?/m1/s1. The van der Waals surface area contributed by atoms with Crippen molar-refractivity contribution in [2.24, 2.45) is 34.5 Å². The molecule has 4 aliphatic rings. The Labute approximate surface area is 156 Å². The summed E-state index contributed by atoms with van der Waals surface area (Å²) in [6, 6.07) is 0. The maximum absolute atomic E-state index is 12.0. The molecule has 1 unspecified atom stereocenters. The number of carbonyl (C=O) groups excluding carboxylic acids is 2. The van der Waals surface area contributed by atoms with Crippen LogP contribution in [0.2, 0.25) is 0 Å². The quantitative estimate of drug-likeness (QED) is 0.567. The SMILES string of the molecule is CC(=O)OC1(O)CC[C@H]2[C@@H]3[C@H](C)CC4=CC(=O)CC[C@]4(C)[C@H]3CC[C@@]21C. The molecule has 1 N–H and O–H groups in total. The van der Waals surface area contributed by atoms with E-state index in [-0.39, 0.29) is 16.6 Å². The van der Waals surface area contributed by atoms with Crippen molar-refractivity contribution in [3.63, 3.8) is 0 Å². The number of allylic oxidation sites excluding steroid dienone is 1. The van der Waals surface area contributed by atoms with Crippen LogP contribution in [0.5, 0.6) is 0 Å². The number of hydrogen-bond donors (Lipinski definition) is 1. The zero-order valence-corrected chi connectivity index (χ0v) is 16.5. The Balaban J connectivity index is 1.70. The zero-order chi connectivity index (χ0) is 18.9. The van der Waals surface area contributed by atoms with Crippen LogP contribution in [0, 0.1) is 34.5 Å². The number of rotatable bonds is 1. The lowest BCUT2D eigenvalue weighted by molar-refractivity contribution is -0.264. The van der Waals surface area contributed by atoms with Crippen LogP contribution in [0.15, 0.2) is 11.6 Å². The molecule has 0 saturated heterocycles. The molecule has 4 nitrogen and oxygen atoms in total. The molecule has 4 rings (SSSR count). The molecular weight excluding hydrogens is 328 g/mol. The lowest BCUT2D eigenvalue weighted by Gasteiger charge is -2.60. The van der Waals surface area contributed by atoms with E-state index in [0.717, 1.165) is 32.1 Å². The van der Waals surface area contributed by atoms with Crippen molar-refractivity contribution in [2.75, 3.05) is 0 Å². The Kier molecular flexibility index (Phi) is 3.97. The molecule has 26 heavy (non-hydrogen) atoms. The van der Waals surface area contributed by atoms with E-state index in [1.807, 2.05) is 6.08 Å². The average Bonchev–Trinajstić information content (AvgIpc) is 2.80. The van der Waals surface area contributed by atoms with E-state index >= 15 is 0 Å². The van der Waals surface area contributed by atoms with Crippen LogP contribution in [0.1, 0.15) is 72.6 Å². The summed E-state index contributed by atoms with van der Waals surface area (Å²) in [4.78, 5) is 23.6. The summed E-state index contributed by atoms with van der Waals surface area (Å²) < 4.78 is 5.49. The molecule has 0 aromatic rings. The van der Waals surface area contributed by atoms with Gasteiger partial charge in [-0.2, -0.15) is 0 Å². The lowest BCUT2D eigenvalue weighted by atomic mass is 9.45. The Bertz CT molecular complexity index is 682. The Morgan fingerprint density at radius 2 is 1.88 bits per heavy atom. The van der Waals surface area contributed by atoms with Crippen LogP contribution in [-0.4, -0.2) is 22.6 Å². The van der Waals surface area contributed by atoms with Gasteiger partial charge in [0.25, 0.3) is 0 Å². The highest BCUT2D eigenvalue weighted by Crippen LogP contribution is 2.68. The second-order valence-electron chi connectivity index (χ2n) is 9.90. The molecule has 0 bridgehead atoms. The number of carbonyl (C=O) groups is 2. The fourth-order valence-corrected chi connectivity index (χ4v) is 7.29. The van der Waals surface area contributed by atoms with Crippen molar-refractivity contribution in [1.82, 2.24) is 0 Å². The van der Waals surface area contributed by atoms with E-state index in [1.165, 1.54) is 12.5 Å². The molecule has 7 atom stereocenters. The number of esters is 1. The first-order valence-corrected chi connectivity index (χ1v) is 10.3. The Hall–Kier alpha value is -1.16. The van der Waals surface area contributed by atoms with Crippen LogP contribution in [0.4, 0.5) is 0 Å². The van der Waals surface area contributed by atoms with Gasteiger partial charge in [-0.15, -0.1) is 0 Å². The van der Waals surface area contributed by atoms with E-state index < -0.39 is 11.8 Å². The van der Waals surface area contributed by atoms with E-state index in [4.69, 9.17) is 4.74 Å². The molecule has 0 heterocycles. The maximum atomic E-state index is 12.0. The number of aliphatic hydroxyl groups is 1. The summed E-state index contributed by atoms with van der Waals surface area (Å²) in [7, 11) is 0. The highest BCUT2D eigenvalue weighted by Gasteiger charge is 2.66. The Morgan fingerprint density at radius 1 is 1.19 bits per heavy atom. The molecule has 0 amide bonds. The average molecular weight is 360 g/mol. The normalized spacial score (nSPS) is 50.3. The van der Waals surface area contributed by atoms with Gasteiger partial charge in [0.2, 0.25) is 5.79 Å². The van der Waals surface area contributed by atoms with Crippen molar-refractivity contribution in [1.29, 1.82) is 0 Å². The molecule has 4 heteroatoms. The lowest BCUT2D eigenvalue weighted by Crippen LogP contribution is -2.57. The van der Waals surface area contributed by atoms with Gasteiger partial charge >= 0.3 is 5.97 Å². The predicted octanol–water partition coefficient (Wildman–Crippen LogP) is 4.02. The van der Waals surface area contributed by atoms with Crippen LogP contribution in [0.25, 0.3) is 0 Å². The molecule has 3 saturated carbocycles. The summed E-state index contributed by atoms with van der Waals surface area (Å²) in [6.07, 6.45) is 7.93. The number of ether oxygens (including phenoxy) is 1. The molecular formula is C22H32O4. The van der Waals surface area contributed by atoms with E-state index in [0.29, 0.717) is 36.5 Å². The van der Waals surface area contributed by atoms with Crippen molar-refractivity contribution < 1.29 is 19.4 Å². The predicted molar refractivity (Wildman–Crippen MR) is 98.0 cm³/mol. The molecule has 0 aliphatic heterocycles. The topological polar surface area (TPSA) is 63.6 Å². The number of fused-ring (bicyclic) bond motifs is 5. The molecule has 0 radical (unpaired) electrons. The fraction of sp³-hybridized carbons (Fsp3) is 0.818. The third-order valence-corrected chi connectivity index (χ3v) is 8.70. The maximum Gasteiger partial charge on any atom is 0.305 e. The van der Waals surface area contributed by atoms with Crippen molar-refractivity contribution in [3.8, 4) is 0 Å². The summed E-state index contributed by atoms with van der Waals surface area (Å²) in [6.45, 7) is 8.20. The zero-order valence-electron chi connectivity index (χ0n) is 16.5. The van der Waals surface area contributed by atoms with Gasteiger partial charge in [-0.1, -0.05) is 26.3 Å². The Morgan fingerprint density at radius 3 is 2.58 bits per heavy atom. The summed E-state index contributed by atoms with van der Waals surface area (Å²) in [5.41, 5.74) is 1.12. The van der Waals surface area contributed by atoms with Gasteiger partial charge in [0.05, 0.1) is 0 Å². The summed E-state index contributed by atoms with van der Waals surface area (Å²) in [5.74, 6) is 0.515. The number of ketones is 1. The first-order valence-electron chi connectivity index (χ1n) is 10.3.